The second-order valence-corrected chi connectivity index (χ2v) is 15.5. The van der Waals surface area contributed by atoms with Gasteiger partial charge in [-0.3, -0.25) is 0 Å². The van der Waals surface area contributed by atoms with Crippen molar-refractivity contribution in [1.82, 2.24) is 0 Å². The third-order valence-corrected chi connectivity index (χ3v) is 12.6. The number of likely N-dealkylation sites (N-methyl/N-ethyl adjacent to an activating group) is 1. The van der Waals surface area contributed by atoms with Gasteiger partial charge in [0.25, 0.3) is 0 Å². The molecule has 0 amide bonds. The lowest BCUT2D eigenvalue weighted by atomic mass is 9.83. The zero-order chi connectivity index (χ0) is 37.1. The predicted octanol–water partition coefficient (Wildman–Crippen LogP) is 13.2. The summed E-state index contributed by atoms with van der Waals surface area (Å²) in [7, 11) is 4.52. The number of rotatable bonds is 2. The van der Waals surface area contributed by atoms with Crippen LogP contribution in [0.1, 0.15) is 33.7 Å². The van der Waals surface area contributed by atoms with Crippen molar-refractivity contribution in [2.45, 2.75) is 12.0 Å². The van der Waals surface area contributed by atoms with E-state index in [0.717, 1.165) is 5.69 Å². The average molecular weight is 719 g/mol. The molecule has 12 rings (SSSR count). The highest BCUT2D eigenvalue weighted by atomic mass is 15.2. The fourth-order valence-corrected chi connectivity index (χ4v) is 9.98. The van der Waals surface area contributed by atoms with E-state index in [1.54, 1.807) is 0 Å². The van der Waals surface area contributed by atoms with Crippen molar-refractivity contribution in [1.29, 1.82) is 0 Å². The summed E-state index contributed by atoms with van der Waals surface area (Å²) in [6.07, 6.45) is 16.3. The molecular weight excluding hydrogens is 681 g/mol. The van der Waals surface area contributed by atoms with Crippen LogP contribution in [0.4, 0.5) is 45.5 Å². The third kappa shape index (κ3) is 4.35. The summed E-state index contributed by atoms with van der Waals surface area (Å²) in [6.45, 7) is 0. The largest absolute Gasteiger partial charge is 0.367 e. The number of hydrogen-bond donors (Lipinski definition) is 0. The molecule has 4 heterocycles. The lowest BCUT2D eigenvalue weighted by molar-refractivity contribution is 0.716. The van der Waals surface area contributed by atoms with Crippen LogP contribution < -0.4 is 19.6 Å². The van der Waals surface area contributed by atoms with Gasteiger partial charge in [-0.15, -0.1) is 0 Å². The number of hydrogen-bond acceptors (Lipinski definition) is 4. The van der Waals surface area contributed by atoms with Gasteiger partial charge in [0.1, 0.15) is 0 Å². The van der Waals surface area contributed by atoms with Crippen LogP contribution in [-0.2, 0) is 0 Å². The van der Waals surface area contributed by atoms with Crippen molar-refractivity contribution in [3.8, 4) is 11.1 Å². The van der Waals surface area contributed by atoms with Crippen molar-refractivity contribution < 1.29 is 0 Å². The normalized spacial score (nSPS) is 17.9. The molecule has 7 aromatic rings. The number of anilines is 8. The van der Waals surface area contributed by atoms with E-state index < -0.39 is 0 Å². The minimum absolute atomic E-state index is 0.180. The molecule has 2 unspecified atom stereocenters. The molecule has 56 heavy (non-hydrogen) atoms. The Morgan fingerprint density at radius 1 is 0.446 bits per heavy atom. The lowest BCUT2D eigenvalue weighted by Gasteiger charge is -2.34. The first kappa shape index (κ1) is 31.3. The van der Waals surface area contributed by atoms with Crippen molar-refractivity contribution in [2.75, 3.05) is 33.7 Å². The smallest absolute Gasteiger partial charge is 0.0597 e. The zero-order valence-electron chi connectivity index (χ0n) is 31.3. The standard InChI is InChI=1S/C52H38N4/c1-53-47-21-11-16-41-51-40-29-27-38(56-45-19-9-5-14-35(45)24-25-36-15-6-10-20-46(36)56)31-49(40)54(2)50(51)32-42(52(41)47)39-28-26-37(30-48(39)53)55-43-17-7-3-12-33(43)22-23-34-13-4-8-18-44(34)55/h3-32,40,49H,1-2H3. The molecule has 0 fully saturated rings. The monoisotopic (exact) mass is 718 g/mol. The Hall–Kier alpha value is -7.04. The summed E-state index contributed by atoms with van der Waals surface area (Å²) in [6, 6.07) is 51.5. The first-order valence-corrected chi connectivity index (χ1v) is 19.6. The van der Waals surface area contributed by atoms with E-state index in [1.165, 1.54) is 95.2 Å². The third-order valence-electron chi connectivity index (χ3n) is 12.6. The van der Waals surface area contributed by atoms with Crippen LogP contribution in [0.3, 0.4) is 0 Å². The van der Waals surface area contributed by atoms with Gasteiger partial charge in [0, 0.05) is 53.7 Å². The molecule has 0 spiro atoms. The maximum absolute atomic E-state index is 2.52. The van der Waals surface area contributed by atoms with Gasteiger partial charge in [-0.2, -0.15) is 0 Å². The van der Waals surface area contributed by atoms with Gasteiger partial charge in [0.15, 0.2) is 0 Å². The van der Waals surface area contributed by atoms with Crippen LogP contribution in [-0.4, -0.2) is 20.1 Å². The molecule has 0 N–H and O–H groups in total. The Balaban J connectivity index is 0.991. The van der Waals surface area contributed by atoms with Crippen LogP contribution in [0.2, 0.25) is 0 Å². The molecular formula is C52H38N4. The maximum Gasteiger partial charge on any atom is 0.0597 e. The fourth-order valence-electron chi connectivity index (χ4n) is 9.98. The summed E-state index contributed by atoms with van der Waals surface area (Å²) in [5.74, 6) is 0.240. The van der Waals surface area contributed by atoms with E-state index in [4.69, 9.17) is 0 Å². The summed E-state index contributed by atoms with van der Waals surface area (Å²) in [5, 5.41) is 2.68. The van der Waals surface area contributed by atoms with E-state index in [1.807, 2.05) is 0 Å². The van der Waals surface area contributed by atoms with Crippen LogP contribution in [0.15, 0.2) is 163 Å². The first-order chi connectivity index (χ1) is 27.6. The molecule has 0 saturated heterocycles. The number of allylic oxidation sites excluding steroid dienone is 1. The van der Waals surface area contributed by atoms with E-state index in [-0.39, 0.29) is 12.0 Å². The molecule has 4 nitrogen and oxygen atoms in total. The highest BCUT2D eigenvalue weighted by molar-refractivity contribution is 6.15. The summed E-state index contributed by atoms with van der Waals surface area (Å²) < 4.78 is 0. The van der Waals surface area contributed by atoms with Crippen molar-refractivity contribution in [3.63, 3.8) is 0 Å². The molecule has 4 heteroatoms. The molecule has 4 aliphatic heterocycles. The molecule has 266 valence electrons. The second kappa shape index (κ2) is 11.7. The highest BCUT2D eigenvalue weighted by Gasteiger charge is 2.40. The van der Waals surface area contributed by atoms with Crippen LogP contribution in [0.5, 0.6) is 0 Å². The second-order valence-electron chi connectivity index (χ2n) is 15.5. The van der Waals surface area contributed by atoms with Crippen molar-refractivity contribution in [3.05, 3.63) is 191 Å². The number of nitrogens with zero attached hydrogens (tertiary/aromatic N) is 4. The molecule has 7 aromatic carbocycles. The summed E-state index contributed by atoms with van der Waals surface area (Å²) in [4.78, 5) is 9.79. The Morgan fingerprint density at radius 2 is 1.00 bits per heavy atom. The van der Waals surface area contributed by atoms with Gasteiger partial charge in [-0.05, 0) is 99.4 Å². The minimum Gasteiger partial charge on any atom is -0.367 e. The topological polar surface area (TPSA) is 13.0 Å². The average Bonchev–Trinajstić information content (AvgIpc) is 3.35. The first-order valence-electron chi connectivity index (χ1n) is 19.6. The van der Waals surface area contributed by atoms with Gasteiger partial charge in [0.2, 0.25) is 0 Å². The van der Waals surface area contributed by atoms with E-state index in [9.17, 15) is 0 Å². The van der Waals surface area contributed by atoms with Crippen LogP contribution in [0.25, 0.3) is 46.2 Å². The Morgan fingerprint density at radius 3 is 1.61 bits per heavy atom. The summed E-state index contributed by atoms with van der Waals surface area (Å²) in [5.41, 5.74) is 19.7. The molecule has 0 saturated carbocycles. The quantitative estimate of drug-likeness (QED) is 0.176. The van der Waals surface area contributed by atoms with Crippen molar-refractivity contribution in [2.24, 2.45) is 0 Å². The summed E-state index contributed by atoms with van der Waals surface area (Å²) >= 11 is 0. The predicted molar refractivity (Wildman–Crippen MR) is 237 cm³/mol. The van der Waals surface area contributed by atoms with Crippen LogP contribution in [0, 0.1) is 0 Å². The number of benzene rings is 7. The minimum atomic E-state index is 0.180. The molecule has 0 aromatic heterocycles. The number of para-hydroxylation sites is 4. The Bertz CT molecular complexity index is 2850. The molecule has 1 aliphatic carbocycles. The van der Waals surface area contributed by atoms with Crippen LogP contribution >= 0.6 is 0 Å². The van der Waals surface area contributed by atoms with E-state index >= 15 is 0 Å². The lowest BCUT2D eigenvalue weighted by Crippen LogP contribution is -2.32. The molecule has 0 radical (unpaired) electrons. The Labute approximate surface area is 327 Å². The van der Waals surface area contributed by atoms with E-state index in [0.29, 0.717) is 0 Å². The SMILES string of the molecule is CN1c2cc(N3c4ccccc4C=Cc4ccccc43)ccc2-c2cc3c(c4cccc1c24)C1C=CC(N2c4ccccc4C=Cc4ccccc42)=CC1N3C. The van der Waals surface area contributed by atoms with Gasteiger partial charge in [-0.25, -0.2) is 0 Å². The molecule has 5 aliphatic rings. The molecule has 2 atom stereocenters. The maximum atomic E-state index is 2.52. The number of fused-ring (bicyclic) bond motifs is 10. The fraction of sp³-hybridized carbons (Fsp3) is 0.0769. The highest BCUT2D eigenvalue weighted by Crippen LogP contribution is 2.56. The molecule has 0 bridgehead atoms. The van der Waals surface area contributed by atoms with E-state index in [2.05, 4.69) is 216 Å². The van der Waals surface area contributed by atoms with Gasteiger partial charge in [0.05, 0.1) is 34.5 Å². The zero-order valence-corrected chi connectivity index (χ0v) is 31.3. The van der Waals surface area contributed by atoms with Gasteiger partial charge >= 0.3 is 0 Å². The van der Waals surface area contributed by atoms with Gasteiger partial charge < -0.3 is 19.6 Å². The van der Waals surface area contributed by atoms with Gasteiger partial charge in [-0.1, -0.05) is 121 Å². The van der Waals surface area contributed by atoms with Crippen molar-refractivity contribution >= 4 is 80.6 Å². The Kier molecular flexibility index (Phi) is 6.56.